The van der Waals surface area contributed by atoms with Crippen LogP contribution in [0.3, 0.4) is 0 Å². The Kier molecular flexibility index (Phi) is 5.88. The average Bonchev–Trinajstić information content (AvgIpc) is 2.31. The lowest BCUT2D eigenvalue weighted by atomic mass is 10.2. The van der Waals surface area contributed by atoms with Crippen molar-refractivity contribution in [2.75, 3.05) is 13.2 Å². The van der Waals surface area contributed by atoms with Gasteiger partial charge in [0.25, 0.3) is 0 Å². The number of thiocarbonyl (C=S) groups is 1. The molecular formula is C12H15ClN2O2S. The molecule has 18 heavy (non-hydrogen) atoms. The Morgan fingerprint density at radius 2 is 2.28 bits per heavy atom. The molecule has 0 radical (unpaired) electrons. The van der Waals surface area contributed by atoms with E-state index < -0.39 is 0 Å². The van der Waals surface area contributed by atoms with Gasteiger partial charge in [-0.3, -0.25) is 4.79 Å². The van der Waals surface area contributed by atoms with Gasteiger partial charge in [0.05, 0.1) is 18.1 Å². The van der Waals surface area contributed by atoms with Crippen molar-refractivity contribution in [2.45, 2.75) is 13.3 Å². The number of nitrogens with two attached hydrogens (primary N) is 1. The summed E-state index contributed by atoms with van der Waals surface area (Å²) in [6.45, 7) is 2.75. The van der Waals surface area contributed by atoms with E-state index in [-0.39, 0.29) is 17.5 Å². The first-order chi connectivity index (χ1) is 8.54. The van der Waals surface area contributed by atoms with Crippen LogP contribution in [0.5, 0.6) is 5.75 Å². The molecular weight excluding hydrogens is 272 g/mol. The van der Waals surface area contributed by atoms with Crippen molar-refractivity contribution in [1.29, 1.82) is 0 Å². The molecule has 0 spiro atoms. The summed E-state index contributed by atoms with van der Waals surface area (Å²) < 4.78 is 5.41. The van der Waals surface area contributed by atoms with Gasteiger partial charge in [-0.2, -0.15) is 0 Å². The summed E-state index contributed by atoms with van der Waals surface area (Å²) in [6, 6.07) is 5.07. The van der Waals surface area contributed by atoms with Crippen molar-refractivity contribution in [1.82, 2.24) is 5.32 Å². The van der Waals surface area contributed by atoms with E-state index in [1.54, 1.807) is 18.2 Å². The smallest absolute Gasteiger partial charge is 0.223 e. The van der Waals surface area contributed by atoms with Crippen molar-refractivity contribution >= 4 is 34.7 Å². The molecule has 0 fully saturated rings. The fourth-order valence-electron chi connectivity index (χ4n) is 1.31. The number of ether oxygens (including phenoxy) is 1. The molecule has 0 saturated carbocycles. The minimum Gasteiger partial charge on any atom is -0.491 e. The van der Waals surface area contributed by atoms with Crippen LogP contribution in [0, 0.1) is 0 Å². The number of hydrogen-bond acceptors (Lipinski definition) is 3. The van der Waals surface area contributed by atoms with Gasteiger partial charge in [0, 0.05) is 12.1 Å². The Balaban J connectivity index is 2.53. The van der Waals surface area contributed by atoms with Crippen molar-refractivity contribution < 1.29 is 9.53 Å². The van der Waals surface area contributed by atoms with E-state index >= 15 is 0 Å². The Hall–Kier alpha value is -1.33. The minimum absolute atomic E-state index is 0.0478. The highest BCUT2D eigenvalue weighted by Crippen LogP contribution is 2.25. The topological polar surface area (TPSA) is 64.3 Å². The Morgan fingerprint density at radius 1 is 1.56 bits per heavy atom. The first-order valence-electron chi connectivity index (χ1n) is 5.53. The zero-order valence-corrected chi connectivity index (χ0v) is 11.6. The first kappa shape index (κ1) is 14.7. The van der Waals surface area contributed by atoms with Crippen LogP contribution < -0.4 is 15.8 Å². The largest absolute Gasteiger partial charge is 0.491 e. The lowest BCUT2D eigenvalue weighted by Crippen LogP contribution is -2.24. The normalized spacial score (nSPS) is 9.89. The molecule has 0 saturated heterocycles. The summed E-state index contributed by atoms with van der Waals surface area (Å²) in [5.41, 5.74) is 6.17. The van der Waals surface area contributed by atoms with Crippen molar-refractivity contribution in [2.24, 2.45) is 5.73 Å². The maximum atomic E-state index is 11.2. The number of rotatable bonds is 6. The summed E-state index contributed by atoms with van der Waals surface area (Å²) in [5, 5.41) is 3.11. The minimum atomic E-state index is -0.0478. The number of hydrogen-bond donors (Lipinski definition) is 2. The molecule has 1 amide bonds. The van der Waals surface area contributed by atoms with E-state index in [2.05, 4.69) is 5.32 Å². The van der Waals surface area contributed by atoms with E-state index in [1.165, 1.54) is 0 Å². The maximum Gasteiger partial charge on any atom is 0.223 e. The molecule has 98 valence electrons. The number of amides is 1. The SMILES string of the molecule is CCNC(=O)CCOc1ccc(C(N)=S)cc1Cl. The highest BCUT2D eigenvalue weighted by Gasteiger charge is 2.06. The Morgan fingerprint density at radius 3 is 2.83 bits per heavy atom. The van der Waals surface area contributed by atoms with Crippen LogP contribution in [0.15, 0.2) is 18.2 Å². The predicted octanol–water partition coefficient (Wildman–Crippen LogP) is 1.88. The molecule has 6 heteroatoms. The van der Waals surface area contributed by atoms with Crippen LogP contribution in [0.1, 0.15) is 18.9 Å². The second kappa shape index (κ2) is 7.18. The zero-order valence-electron chi connectivity index (χ0n) is 10.0. The maximum absolute atomic E-state index is 11.2. The third kappa shape index (κ3) is 4.50. The molecule has 1 aromatic carbocycles. The monoisotopic (exact) mass is 286 g/mol. The summed E-state index contributed by atoms with van der Waals surface area (Å²) in [7, 11) is 0. The van der Waals surface area contributed by atoms with Gasteiger partial charge in [0.2, 0.25) is 5.91 Å². The summed E-state index contributed by atoms with van der Waals surface area (Å²) in [5.74, 6) is 0.467. The van der Waals surface area contributed by atoms with Crippen LogP contribution in [0.4, 0.5) is 0 Å². The van der Waals surface area contributed by atoms with Gasteiger partial charge in [-0.05, 0) is 25.1 Å². The standard InChI is InChI=1S/C12H15ClN2O2S/c1-2-15-11(16)5-6-17-10-4-3-8(12(14)18)7-9(10)13/h3-4,7H,2,5-6H2,1H3,(H2,14,18)(H,15,16). The first-order valence-corrected chi connectivity index (χ1v) is 6.32. The molecule has 0 aliphatic carbocycles. The van der Waals surface area contributed by atoms with Crippen LogP contribution in [0.25, 0.3) is 0 Å². The third-order valence-electron chi connectivity index (χ3n) is 2.18. The van der Waals surface area contributed by atoms with Crippen molar-refractivity contribution in [3.05, 3.63) is 28.8 Å². The quantitative estimate of drug-likeness (QED) is 0.784. The van der Waals surface area contributed by atoms with Crippen molar-refractivity contribution in [3.63, 3.8) is 0 Å². The summed E-state index contributed by atoms with van der Waals surface area (Å²) in [4.78, 5) is 11.5. The highest BCUT2D eigenvalue weighted by molar-refractivity contribution is 7.80. The number of benzene rings is 1. The predicted molar refractivity (Wildman–Crippen MR) is 76.1 cm³/mol. The average molecular weight is 287 g/mol. The summed E-state index contributed by atoms with van der Waals surface area (Å²) in [6.07, 6.45) is 0.293. The molecule has 0 aliphatic rings. The number of halogens is 1. The Bertz CT molecular complexity index is 452. The lowest BCUT2D eigenvalue weighted by molar-refractivity contribution is -0.121. The highest BCUT2D eigenvalue weighted by atomic mass is 35.5. The van der Waals surface area contributed by atoms with Gasteiger partial charge in [-0.25, -0.2) is 0 Å². The number of nitrogens with one attached hydrogen (secondary N) is 1. The molecule has 0 unspecified atom stereocenters. The van der Waals surface area contributed by atoms with Gasteiger partial charge in [0.15, 0.2) is 0 Å². The summed E-state index contributed by atoms with van der Waals surface area (Å²) >= 11 is 10.9. The fraction of sp³-hybridized carbons (Fsp3) is 0.333. The van der Waals surface area contributed by atoms with Crippen LogP contribution in [0.2, 0.25) is 5.02 Å². The molecule has 0 aromatic heterocycles. The van der Waals surface area contributed by atoms with E-state index in [9.17, 15) is 4.79 Å². The van der Waals surface area contributed by atoms with E-state index in [0.717, 1.165) is 0 Å². The van der Waals surface area contributed by atoms with Crippen LogP contribution >= 0.6 is 23.8 Å². The zero-order chi connectivity index (χ0) is 13.5. The second-order valence-corrected chi connectivity index (χ2v) is 4.41. The van der Waals surface area contributed by atoms with Gasteiger partial charge in [-0.1, -0.05) is 23.8 Å². The fourth-order valence-corrected chi connectivity index (χ4v) is 1.67. The molecule has 3 N–H and O–H groups in total. The third-order valence-corrected chi connectivity index (χ3v) is 2.71. The van der Waals surface area contributed by atoms with E-state index in [1.807, 2.05) is 6.92 Å². The number of carbonyl (C=O) groups excluding carboxylic acids is 1. The van der Waals surface area contributed by atoms with Crippen LogP contribution in [-0.4, -0.2) is 24.0 Å². The van der Waals surface area contributed by atoms with Gasteiger partial charge >= 0.3 is 0 Å². The number of carbonyl (C=O) groups is 1. The van der Waals surface area contributed by atoms with Gasteiger partial charge in [0.1, 0.15) is 10.7 Å². The van der Waals surface area contributed by atoms with E-state index in [4.69, 9.17) is 34.3 Å². The molecule has 4 nitrogen and oxygen atoms in total. The molecule has 0 aliphatic heterocycles. The van der Waals surface area contributed by atoms with E-state index in [0.29, 0.717) is 29.3 Å². The second-order valence-electron chi connectivity index (χ2n) is 3.56. The molecule has 0 atom stereocenters. The molecule has 1 rings (SSSR count). The van der Waals surface area contributed by atoms with Gasteiger partial charge < -0.3 is 15.8 Å². The van der Waals surface area contributed by atoms with Crippen LogP contribution in [-0.2, 0) is 4.79 Å². The Labute approximate surface area is 116 Å². The molecule has 0 bridgehead atoms. The molecule has 1 aromatic rings. The molecule has 0 heterocycles. The lowest BCUT2D eigenvalue weighted by Gasteiger charge is -2.09. The van der Waals surface area contributed by atoms with Crippen molar-refractivity contribution in [3.8, 4) is 5.75 Å². The van der Waals surface area contributed by atoms with Gasteiger partial charge in [-0.15, -0.1) is 0 Å².